The number of carbonyl (C=O) groups excluding carboxylic acids is 2. The van der Waals surface area contributed by atoms with Crippen LogP contribution in [0.15, 0.2) is 35.4 Å². The van der Waals surface area contributed by atoms with E-state index < -0.39 is 28.9 Å². The largest absolute Gasteiger partial charge is 0.480 e. The number of nitrogens with zero attached hydrogens (tertiary/aromatic N) is 1. The van der Waals surface area contributed by atoms with Crippen molar-refractivity contribution < 1.29 is 24.2 Å². The van der Waals surface area contributed by atoms with Gasteiger partial charge in [0.05, 0.1) is 5.71 Å². The maximum atomic E-state index is 12.6. The maximum absolute atomic E-state index is 12.6. The van der Waals surface area contributed by atoms with Crippen molar-refractivity contribution in [2.75, 3.05) is 0 Å². The van der Waals surface area contributed by atoms with E-state index in [1.165, 1.54) is 6.92 Å². The summed E-state index contributed by atoms with van der Waals surface area (Å²) in [6, 6.07) is 9.31. The Morgan fingerprint density at radius 1 is 1.24 bits per heavy atom. The van der Waals surface area contributed by atoms with Crippen LogP contribution in [0.2, 0.25) is 0 Å². The van der Waals surface area contributed by atoms with Crippen molar-refractivity contribution >= 4 is 23.6 Å². The van der Waals surface area contributed by atoms with Gasteiger partial charge in [-0.1, -0.05) is 44.2 Å². The smallest absolute Gasteiger partial charge is 0.324 e. The molecular weight excluding hydrogens is 324 g/mol. The number of benzene rings is 1. The Morgan fingerprint density at radius 2 is 1.84 bits per heavy atom. The van der Waals surface area contributed by atoms with Crippen LogP contribution in [0.1, 0.15) is 39.2 Å². The number of hydrogen-bond donors (Lipinski definition) is 2. The number of amides is 1. The molecule has 1 heterocycles. The van der Waals surface area contributed by atoms with E-state index in [0.29, 0.717) is 12.1 Å². The van der Waals surface area contributed by atoms with E-state index in [9.17, 15) is 19.5 Å². The van der Waals surface area contributed by atoms with E-state index in [4.69, 9.17) is 4.74 Å². The lowest BCUT2D eigenvalue weighted by atomic mass is 9.82. The van der Waals surface area contributed by atoms with Crippen LogP contribution in [-0.4, -0.2) is 34.3 Å². The minimum Gasteiger partial charge on any atom is -0.480 e. The van der Waals surface area contributed by atoms with Gasteiger partial charge in [0.15, 0.2) is 5.41 Å². The van der Waals surface area contributed by atoms with Crippen molar-refractivity contribution in [3.8, 4) is 0 Å². The van der Waals surface area contributed by atoms with Gasteiger partial charge in [0, 0.05) is 6.42 Å². The molecule has 0 fully saturated rings. The molecule has 2 N–H and O–H groups in total. The fourth-order valence-electron chi connectivity index (χ4n) is 2.78. The van der Waals surface area contributed by atoms with E-state index in [0.717, 1.165) is 5.56 Å². The maximum Gasteiger partial charge on any atom is 0.324 e. The third kappa shape index (κ3) is 3.26. The summed E-state index contributed by atoms with van der Waals surface area (Å²) in [5.41, 5.74) is 0.258. The van der Waals surface area contributed by atoms with E-state index in [2.05, 4.69) is 10.5 Å². The van der Waals surface area contributed by atoms with Crippen molar-refractivity contribution in [2.45, 2.75) is 45.6 Å². The number of hydrazone groups is 1. The molecular formula is C18H22N2O5. The van der Waals surface area contributed by atoms with Crippen LogP contribution in [0, 0.1) is 5.41 Å². The number of carbonyl (C=O) groups is 3. The molecule has 2 rings (SSSR count). The van der Waals surface area contributed by atoms with Crippen LogP contribution in [0.5, 0.6) is 0 Å². The Labute approximate surface area is 146 Å². The first-order valence-corrected chi connectivity index (χ1v) is 8.18. The highest BCUT2D eigenvalue weighted by molar-refractivity contribution is 6.17. The number of aliphatic carboxylic acids is 1. The summed E-state index contributed by atoms with van der Waals surface area (Å²) in [4.78, 5) is 36.5. The van der Waals surface area contributed by atoms with Crippen LogP contribution in [0.25, 0.3) is 0 Å². The molecule has 0 radical (unpaired) electrons. The zero-order valence-electron chi connectivity index (χ0n) is 14.5. The van der Waals surface area contributed by atoms with Crippen molar-refractivity contribution in [1.82, 2.24) is 5.43 Å². The van der Waals surface area contributed by atoms with Gasteiger partial charge in [0.2, 0.25) is 5.60 Å². The molecule has 0 aliphatic carbocycles. The molecule has 1 aromatic carbocycles. The lowest BCUT2D eigenvalue weighted by Gasteiger charge is -2.30. The first-order valence-electron chi connectivity index (χ1n) is 8.18. The Kier molecular flexibility index (Phi) is 5.25. The Balaban J connectivity index is 2.28. The van der Waals surface area contributed by atoms with Crippen LogP contribution >= 0.6 is 0 Å². The quantitative estimate of drug-likeness (QED) is 0.579. The van der Waals surface area contributed by atoms with E-state index in [-0.39, 0.29) is 12.8 Å². The zero-order valence-corrected chi connectivity index (χ0v) is 14.5. The van der Waals surface area contributed by atoms with Gasteiger partial charge in [0.25, 0.3) is 5.91 Å². The SMILES string of the molecule is CCC(CC)(C(=O)O)C(=O)OC1(C)C(=O)NN=C1Cc1ccccc1. The van der Waals surface area contributed by atoms with E-state index in [1.54, 1.807) is 13.8 Å². The monoisotopic (exact) mass is 346 g/mol. The van der Waals surface area contributed by atoms with Crippen LogP contribution in [0.4, 0.5) is 0 Å². The summed E-state index contributed by atoms with van der Waals surface area (Å²) < 4.78 is 5.44. The van der Waals surface area contributed by atoms with Crippen molar-refractivity contribution in [3.63, 3.8) is 0 Å². The van der Waals surface area contributed by atoms with Crippen molar-refractivity contribution in [3.05, 3.63) is 35.9 Å². The van der Waals surface area contributed by atoms with Crippen LogP contribution in [0.3, 0.4) is 0 Å². The van der Waals surface area contributed by atoms with Gasteiger partial charge in [-0.05, 0) is 25.3 Å². The van der Waals surface area contributed by atoms with Gasteiger partial charge in [-0.3, -0.25) is 14.4 Å². The molecule has 1 aliphatic heterocycles. The average Bonchev–Trinajstić information content (AvgIpc) is 2.85. The summed E-state index contributed by atoms with van der Waals surface area (Å²) in [6.07, 6.45) is 0.447. The lowest BCUT2D eigenvalue weighted by Crippen LogP contribution is -2.51. The topological polar surface area (TPSA) is 105 Å². The normalized spacial score (nSPS) is 20.0. The van der Waals surface area contributed by atoms with Crippen LogP contribution < -0.4 is 5.43 Å². The number of carboxylic acids is 1. The number of esters is 1. The predicted molar refractivity (Wildman–Crippen MR) is 90.9 cm³/mol. The van der Waals surface area contributed by atoms with Crippen molar-refractivity contribution in [1.29, 1.82) is 0 Å². The van der Waals surface area contributed by atoms with E-state index >= 15 is 0 Å². The Morgan fingerprint density at radius 3 is 2.36 bits per heavy atom. The van der Waals surface area contributed by atoms with E-state index in [1.807, 2.05) is 30.3 Å². The summed E-state index contributed by atoms with van der Waals surface area (Å²) in [5.74, 6) is -2.77. The molecule has 7 heteroatoms. The molecule has 0 bridgehead atoms. The molecule has 7 nitrogen and oxygen atoms in total. The standard InChI is InChI=1S/C18H22N2O5/c1-4-18(5-2,15(22)23)16(24)25-17(3)13(19-20-14(17)21)11-12-9-7-6-8-10-12/h6-10H,4-5,11H2,1-3H3,(H,20,21)(H,22,23). The number of nitrogens with one attached hydrogen (secondary N) is 1. The summed E-state index contributed by atoms with van der Waals surface area (Å²) in [5, 5.41) is 13.5. The highest BCUT2D eigenvalue weighted by atomic mass is 16.6. The first kappa shape index (κ1) is 18.6. The van der Waals surface area contributed by atoms with Gasteiger partial charge < -0.3 is 9.84 Å². The minimum atomic E-state index is -1.68. The number of hydrogen-bond acceptors (Lipinski definition) is 5. The molecule has 0 aromatic heterocycles. The van der Waals surface area contributed by atoms with Gasteiger partial charge >= 0.3 is 11.9 Å². The van der Waals surface area contributed by atoms with Gasteiger partial charge in [-0.2, -0.15) is 5.10 Å². The van der Waals surface area contributed by atoms with Crippen LogP contribution in [-0.2, 0) is 25.5 Å². The van der Waals surface area contributed by atoms with Gasteiger partial charge in [-0.25, -0.2) is 5.43 Å². The third-order valence-corrected chi connectivity index (χ3v) is 4.79. The molecule has 0 spiro atoms. The number of ether oxygens (including phenoxy) is 1. The zero-order chi connectivity index (χ0) is 18.7. The minimum absolute atomic E-state index is 0.0700. The second-order valence-electron chi connectivity index (χ2n) is 6.18. The molecule has 0 saturated heterocycles. The van der Waals surface area contributed by atoms with Gasteiger partial charge in [-0.15, -0.1) is 0 Å². The molecule has 1 aliphatic rings. The summed E-state index contributed by atoms with van der Waals surface area (Å²) >= 11 is 0. The summed E-state index contributed by atoms with van der Waals surface area (Å²) in [7, 11) is 0. The average molecular weight is 346 g/mol. The third-order valence-electron chi connectivity index (χ3n) is 4.79. The Bertz CT molecular complexity index is 709. The summed E-state index contributed by atoms with van der Waals surface area (Å²) in [6.45, 7) is 4.65. The molecule has 134 valence electrons. The predicted octanol–water partition coefficient (Wildman–Crippen LogP) is 1.91. The molecule has 0 saturated carbocycles. The Hall–Kier alpha value is -2.70. The highest BCUT2D eigenvalue weighted by Gasteiger charge is 2.52. The molecule has 1 amide bonds. The molecule has 1 atom stereocenters. The molecule has 1 unspecified atom stereocenters. The van der Waals surface area contributed by atoms with Crippen molar-refractivity contribution in [2.24, 2.45) is 10.5 Å². The fourth-order valence-corrected chi connectivity index (χ4v) is 2.78. The van der Waals surface area contributed by atoms with Gasteiger partial charge in [0.1, 0.15) is 0 Å². The lowest BCUT2D eigenvalue weighted by molar-refractivity contribution is -0.178. The number of rotatable bonds is 7. The second kappa shape index (κ2) is 7.04. The highest BCUT2D eigenvalue weighted by Crippen LogP contribution is 2.32. The fraction of sp³-hybridized carbons (Fsp3) is 0.444. The number of carboxylic acid groups (broad SMARTS) is 1. The first-order chi connectivity index (χ1) is 11.8. The molecule has 1 aromatic rings. The second-order valence-corrected chi connectivity index (χ2v) is 6.18. The molecule has 25 heavy (non-hydrogen) atoms.